The Balaban J connectivity index is 1.71. The third kappa shape index (κ3) is 6.56. The molecule has 1 aromatic heterocycles. The lowest BCUT2D eigenvalue weighted by molar-refractivity contribution is -0.137. The number of aromatic nitrogens is 2. The molecule has 0 saturated carbocycles. The predicted molar refractivity (Wildman–Crippen MR) is 130 cm³/mol. The van der Waals surface area contributed by atoms with Gasteiger partial charge in [-0.3, -0.25) is 14.9 Å². The molecule has 11 heteroatoms. The van der Waals surface area contributed by atoms with Crippen LogP contribution in [0.25, 0.3) is 10.6 Å². The number of benzene rings is 2. The van der Waals surface area contributed by atoms with Gasteiger partial charge < -0.3 is 10.2 Å². The van der Waals surface area contributed by atoms with Gasteiger partial charge in [0.2, 0.25) is 11.0 Å². The predicted octanol–water partition coefficient (Wildman–Crippen LogP) is 5.07. The molecule has 0 spiro atoms. The first-order chi connectivity index (χ1) is 16.5. The summed E-state index contributed by atoms with van der Waals surface area (Å²) in [4.78, 5) is 27.6. The van der Waals surface area contributed by atoms with Crippen LogP contribution in [0.15, 0.2) is 48.5 Å². The third-order valence-corrected chi connectivity index (χ3v) is 6.43. The SMILES string of the molecule is CCC(C)C(NC(=O)c1ccc(C(F)(F)F)cc1)C(=O)Nc1nnc(-c2ccc(N(C)C)cc2)s1. The summed E-state index contributed by atoms with van der Waals surface area (Å²) in [5.74, 6) is -1.36. The minimum atomic E-state index is -4.50. The molecule has 2 aromatic carbocycles. The molecule has 1 heterocycles. The van der Waals surface area contributed by atoms with Crippen LogP contribution in [0.4, 0.5) is 24.0 Å². The molecule has 2 unspecified atom stereocenters. The van der Waals surface area contributed by atoms with E-state index in [9.17, 15) is 22.8 Å². The van der Waals surface area contributed by atoms with Gasteiger partial charge in [0.25, 0.3) is 5.91 Å². The van der Waals surface area contributed by atoms with Gasteiger partial charge in [-0.25, -0.2) is 0 Å². The molecule has 2 N–H and O–H groups in total. The van der Waals surface area contributed by atoms with Gasteiger partial charge in [0.15, 0.2) is 0 Å². The Kier molecular flexibility index (Phi) is 8.11. The van der Waals surface area contributed by atoms with Gasteiger partial charge in [-0.05, 0) is 54.4 Å². The maximum absolute atomic E-state index is 13.0. The van der Waals surface area contributed by atoms with Crippen LogP contribution in [0.1, 0.15) is 36.2 Å². The number of amides is 2. The van der Waals surface area contributed by atoms with Crippen molar-refractivity contribution in [3.8, 4) is 10.6 Å². The van der Waals surface area contributed by atoms with Crippen LogP contribution in [0.3, 0.4) is 0 Å². The van der Waals surface area contributed by atoms with Crippen molar-refractivity contribution in [3.63, 3.8) is 0 Å². The first kappa shape index (κ1) is 26.1. The molecule has 0 aliphatic rings. The van der Waals surface area contributed by atoms with Gasteiger partial charge in [0, 0.05) is 30.9 Å². The molecule has 0 aliphatic carbocycles. The summed E-state index contributed by atoms with van der Waals surface area (Å²) in [7, 11) is 3.88. The molecule has 7 nitrogen and oxygen atoms in total. The fraction of sp³-hybridized carbons (Fsp3) is 0.333. The maximum Gasteiger partial charge on any atom is 0.416 e. The van der Waals surface area contributed by atoms with Gasteiger partial charge in [-0.2, -0.15) is 13.2 Å². The summed E-state index contributed by atoms with van der Waals surface area (Å²) < 4.78 is 38.4. The highest BCUT2D eigenvalue weighted by Gasteiger charge is 2.31. The summed E-state index contributed by atoms with van der Waals surface area (Å²) in [5.41, 5.74) is 1.06. The standard InChI is InChI=1S/C24H26F3N5O2S/c1-5-14(2)19(28-20(33)15-6-10-17(11-7-15)24(25,26)27)21(34)29-23-31-30-22(35-23)16-8-12-18(13-9-16)32(3)4/h6-14,19H,5H2,1-4H3,(H,28,33)(H,29,31,34). The topological polar surface area (TPSA) is 87.2 Å². The second kappa shape index (κ2) is 10.9. The Morgan fingerprint density at radius 2 is 1.66 bits per heavy atom. The lowest BCUT2D eigenvalue weighted by atomic mass is 9.98. The number of anilines is 2. The van der Waals surface area contributed by atoms with Crippen molar-refractivity contribution in [2.24, 2.45) is 5.92 Å². The van der Waals surface area contributed by atoms with E-state index in [0.717, 1.165) is 35.5 Å². The first-order valence-electron chi connectivity index (χ1n) is 10.9. The Hall–Kier alpha value is -3.47. The number of alkyl halides is 3. The summed E-state index contributed by atoms with van der Waals surface area (Å²) in [5, 5.41) is 14.4. The van der Waals surface area contributed by atoms with E-state index in [-0.39, 0.29) is 16.6 Å². The van der Waals surface area contributed by atoms with Gasteiger partial charge >= 0.3 is 6.18 Å². The molecule has 186 valence electrons. The highest BCUT2D eigenvalue weighted by Crippen LogP contribution is 2.30. The number of carbonyl (C=O) groups excluding carboxylic acids is 2. The Morgan fingerprint density at radius 3 is 2.20 bits per heavy atom. The number of halogens is 3. The maximum atomic E-state index is 13.0. The van der Waals surface area contributed by atoms with E-state index in [1.54, 1.807) is 6.92 Å². The summed E-state index contributed by atoms with van der Waals surface area (Å²) in [6.07, 6.45) is -3.91. The second-order valence-corrected chi connectivity index (χ2v) is 9.23. The van der Waals surface area contributed by atoms with Gasteiger partial charge in [-0.1, -0.05) is 31.6 Å². The Labute approximate surface area is 205 Å². The number of nitrogens with one attached hydrogen (secondary N) is 2. The van der Waals surface area contributed by atoms with Crippen LogP contribution >= 0.6 is 11.3 Å². The fourth-order valence-corrected chi connectivity index (χ4v) is 3.96. The Morgan fingerprint density at radius 1 is 1.03 bits per heavy atom. The average Bonchev–Trinajstić information content (AvgIpc) is 3.29. The summed E-state index contributed by atoms with van der Waals surface area (Å²) >= 11 is 1.20. The number of nitrogens with zero attached hydrogens (tertiary/aromatic N) is 3. The van der Waals surface area contributed by atoms with E-state index in [0.29, 0.717) is 11.4 Å². The van der Waals surface area contributed by atoms with Crippen molar-refractivity contribution in [3.05, 3.63) is 59.7 Å². The quantitative estimate of drug-likeness (QED) is 0.446. The lowest BCUT2D eigenvalue weighted by Crippen LogP contribution is -2.47. The minimum Gasteiger partial charge on any atom is -0.378 e. The molecular weight excluding hydrogens is 479 g/mol. The summed E-state index contributed by atoms with van der Waals surface area (Å²) in [6, 6.07) is 10.6. The Bertz CT molecular complexity index is 1160. The molecule has 0 aliphatic heterocycles. The monoisotopic (exact) mass is 505 g/mol. The van der Waals surface area contributed by atoms with Crippen LogP contribution in [0, 0.1) is 5.92 Å². The van der Waals surface area contributed by atoms with Crippen molar-refractivity contribution in [2.45, 2.75) is 32.5 Å². The highest BCUT2D eigenvalue weighted by atomic mass is 32.1. The van der Waals surface area contributed by atoms with Crippen LogP contribution in [-0.4, -0.2) is 42.1 Å². The van der Waals surface area contributed by atoms with Crippen LogP contribution in [0.2, 0.25) is 0 Å². The van der Waals surface area contributed by atoms with Crippen LogP contribution in [-0.2, 0) is 11.0 Å². The van der Waals surface area contributed by atoms with Gasteiger partial charge in [0.05, 0.1) is 5.56 Å². The van der Waals surface area contributed by atoms with Gasteiger partial charge in [-0.15, -0.1) is 10.2 Å². The number of hydrogen-bond acceptors (Lipinski definition) is 6. The summed E-state index contributed by atoms with van der Waals surface area (Å²) in [6.45, 7) is 3.67. The largest absolute Gasteiger partial charge is 0.416 e. The van der Waals surface area contributed by atoms with E-state index in [2.05, 4.69) is 20.8 Å². The van der Waals surface area contributed by atoms with Crippen molar-refractivity contribution >= 4 is 34.0 Å². The fourth-order valence-electron chi connectivity index (χ4n) is 3.21. The van der Waals surface area contributed by atoms with Crippen LogP contribution in [0.5, 0.6) is 0 Å². The second-order valence-electron chi connectivity index (χ2n) is 8.25. The molecule has 0 bridgehead atoms. The van der Waals surface area contributed by atoms with Crippen molar-refractivity contribution in [1.29, 1.82) is 0 Å². The molecule has 35 heavy (non-hydrogen) atoms. The first-order valence-corrected chi connectivity index (χ1v) is 11.7. The molecule has 2 atom stereocenters. The molecule has 3 aromatic rings. The zero-order valence-corrected chi connectivity index (χ0v) is 20.5. The van der Waals surface area contributed by atoms with Gasteiger partial charge in [0.1, 0.15) is 11.0 Å². The van der Waals surface area contributed by atoms with E-state index in [1.165, 1.54) is 11.3 Å². The minimum absolute atomic E-state index is 0.0264. The van der Waals surface area contributed by atoms with Crippen LogP contribution < -0.4 is 15.5 Å². The highest BCUT2D eigenvalue weighted by molar-refractivity contribution is 7.18. The smallest absolute Gasteiger partial charge is 0.378 e. The van der Waals surface area contributed by atoms with E-state index >= 15 is 0 Å². The van der Waals surface area contributed by atoms with E-state index in [1.807, 2.05) is 50.2 Å². The molecule has 0 radical (unpaired) electrons. The molecule has 2 amide bonds. The van der Waals surface area contributed by atoms with Crippen molar-refractivity contribution in [2.75, 3.05) is 24.3 Å². The molecule has 0 saturated heterocycles. The van der Waals surface area contributed by atoms with Crippen molar-refractivity contribution in [1.82, 2.24) is 15.5 Å². The average molecular weight is 506 g/mol. The molecule has 3 rings (SSSR count). The lowest BCUT2D eigenvalue weighted by Gasteiger charge is -2.23. The van der Waals surface area contributed by atoms with E-state index in [4.69, 9.17) is 0 Å². The number of rotatable bonds is 8. The molecule has 0 fully saturated rings. The normalized spacial score (nSPS) is 13.1. The molecular formula is C24H26F3N5O2S. The third-order valence-electron chi connectivity index (χ3n) is 5.54. The van der Waals surface area contributed by atoms with Crippen molar-refractivity contribution < 1.29 is 22.8 Å². The van der Waals surface area contributed by atoms with E-state index < -0.39 is 29.6 Å². The zero-order chi connectivity index (χ0) is 25.8. The number of carbonyl (C=O) groups is 2. The number of hydrogen-bond donors (Lipinski definition) is 2. The zero-order valence-electron chi connectivity index (χ0n) is 19.7.